The third kappa shape index (κ3) is 4.33. The number of nitrogens with one attached hydrogen (secondary N) is 1. The van der Waals surface area contributed by atoms with Gasteiger partial charge in [-0.15, -0.1) is 0 Å². The number of urea groups is 1. The van der Waals surface area contributed by atoms with Gasteiger partial charge in [0, 0.05) is 20.2 Å². The Bertz CT molecular complexity index is 373. The van der Waals surface area contributed by atoms with Crippen LogP contribution >= 0.6 is 0 Å². The molecule has 0 aromatic rings. The Kier molecular flexibility index (Phi) is 6.45. The van der Waals surface area contributed by atoms with Crippen molar-refractivity contribution in [3.8, 4) is 0 Å². The Balaban J connectivity index is 2.71. The molecule has 1 heterocycles. The van der Waals surface area contributed by atoms with Gasteiger partial charge in [-0.05, 0) is 25.2 Å². The summed E-state index contributed by atoms with van der Waals surface area (Å²) < 4.78 is 5.13. The summed E-state index contributed by atoms with van der Waals surface area (Å²) in [6.07, 6.45) is 1.90. The van der Waals surface area contributed by atoms with Crippen LogP contribution in [0, 0.1) is 11.3 Å². The van der Waals surface area contributed by atoms with Crippen molar-refractivity contribution in [2.75, 3.05) is 26.8 Å². The third-order valence-electron chi connectivity index (χ3n) is 4.45. The standard InChI is InChI=1S/C15H28N2O4/c1-5-15(13(18)19)7-6-8-17(10-15)14(20)16-12(9-21-4)11(2)3/h11-12H,5-10H2,1-4H3,(H,16,20)(H,18,19). The van der Waals surface area contributed by atoms with Crippen LogP contribution in [0.15, 0.2) is 0 Å². The van der Waals surface area contributed by atoms with Crippen molar-refractivity contribution in [1.29, 1.82) is 0 Å². The number of nitrogens with zero attached hydrogens (tertiary/aromatic N) is 1. The van der Waals surface area contributed by atoms with Gasteiger partial charge in [-0.3, -0.25) is 4.79 Å². The number of amides is 2. The minimum atomic E-state index is -0.806. The first-order valence-electron chi connectivity index (χ1n) is 7.64. The van der Waals surface area contributed by atoms with Gasteiger partial charge < -0.3 is 20.1 Å². The van der Waals surface area contributed by atoms with Crippen LogP contribution in [0.25, 0.3) is 0 Å². The van der Waals surface area contributed by atoms with Gasteiger partial charge in [0.2, 0.25) is 0 Å². The van der Waals surface area contributed by atoms with E-state index in [2.05, 4.69) is 5.32 Å². The molecule has 2 amide bonds. The third-order valence-corrected chi connectivity index (χ3v) is 4.45. The molecule has 6 heteroatoms. The average molecular weight is 300 g/mol. The largest absolute Gasteiger partial charge is 0.481 e. The molecule has 1 aliphatic heterocycles. The molecule has 0 saturated carbocycles. The van der Waals surface area contributed by atoms with Gasteiger partial charge >= 0.3 is 12.0 Å². The first-order chi connectivity index (χ1) is 9.86. The van der Waals surface area contributed by atoms with E-state index in [0.717, 1.165) is 6.42 Å². The van der Waals surface area contributed by atoms with Crippen molar-refractivity contribution in [3.05, 3.63) is 0 Å². The molecule has 2 unspecified atom stereocenters. The first-order valence-corrected chi connectivity index (χ1v) is 7.64. The zero-order chi connectivity index (χ0) is 16.0. The molecule has 2 atom stereocenters. The number of carbonyl (C=O) groups excluding carboxylic acids is 1. The van der Waals surface area contributed by atoms with Gasteiger partial charge in [-0.1, -0.05) is 20.8 Å². The van der Waals surface area contributed by atoms with Crippen LogP contribution in [0.4, 0.5) is 4.79 Å². The van der Waals surface area contributed by atoms with Crippen molar-refractivity contribution in [2.45, 2.75) is 46.1 Å². The minimum absolute atomic E-state index is 0.0646. The lowest BCUT2D eigenvalue weighted by Crippen LogP contribution is -2.55. The lowest BCUT2D eigenvalue weighted by Gasteiger charge is -2.40. The predicted octanol–water partition coefficient (Wildman–Crippen LogP) is 1.94. The molecule has 0 radical (unpaired) electrons. The van der Waals surface area contributed by atoms with Crippen LogP contribution in [0.1, 0.15) is 40.0 Å². The average Bonchev–Trinajstić information content (AvgIpc) is 2.46. The summed E-state index contributed by atoms with van der Waals surface area (Å²) in [5, 5.41) is 12.4. The van der Waals surface area contributed by atoms with E-state index in [0.29, 0.717) is 26.0 Å². The summed E-state index contributed by atoms with van der Waals surface area (Å²) in [7, 11) is 1.61. The van der Waals surface area contributed by atoms with Crippen LogP contribution in [0.5, 0.6) is 0 Å². The highest BCUT2D eigenvalue weighted by Crippen LogP contribution is 2.33. The van der Waals surface area contributed by atoms with Gasteiger partial charge in [-0.2, -0.15) is 0 Å². The Labute approximate surface area is 126 Å². The zero-order valence-electron chi connectivity index (χ0n) is 13.5. The number of carboxylic acid groups (broad SMARTS) is 1. The highest BCUT2D eigenvalue weighted by molar-refractivity contribution is 5.79. The molecule has 0 bridgehead atoms. The molecule has 0 aromatic carbocycles. The van der Waals surface area contributed by atoms with E-state index in [4.69, 9.17) is 4.74 Å². The summed E-state index contributed by atoms with van der Waals surface area (Å²) in [5.74, 6) is -0.547. The van der Waals surface area contributed by atoms with Gasteiger partial charge in [0.1, 0.15) is 0 Å². The number of aliphatic carboxylic acids is 1. The van der Waals surface area contributed by atoms with E-state index in [-0.39, 0.29) is 24.5 Å². The van der Waals surface area contributed by atoms with E-state index in [1.165, 1.54) is 0 Å². The SMILES string of the molecule is CCC1(C(=O)O)CCCN(C(=O)NC(COC)C(C)C)C1. The molecule has 1 saturated heterocycles. The van der Waals surface area contributed by atoms with Crippen LogP contribution in [0.3, 0.4) is 0 Å². The Morgan fingerprint density at radius 2 is 2.10 bits per heavy atom. The molecule has 21 heavy (non-hydrogen) atoms. The van der Waals surface area contributed by atoms with Crippen molar-refractivity contribution in [3.63, 3.8) is 0 Å². The number of ether oxygens (including phenoxy) is 1. The van der Waals surface area contributed by atoms with E-state index in [9.17, 15) is 14.7 Å². The molecule has 0 aliphatic carbocycles. The van der Waals surface area contributed by atoms with Gasteiger partial charge in [0.25, 0.3) is 0 Å². The second-order valence-electron chi connectivity index (χ2n) is 6.22. The summed E-state index contributed by atoms with van der Waals surface area (Å²) in [6, 6.07) is -0.255. The Morgan fingerprint density at radius 1 is 1.43 bits per heavy atom. The molecule has 122 valence electrons. The second-order valence-corrected chi connectivity index (χ2v) is 6.22. The first kappa shape index (κ1) is 17.8. The molecule has 1 rings (SSSR count). The lowest BCUT2D eigenvalue weighted by atomic mass is 9.78. The number of methoxy groups -OCH3 is 1. The normalized spacial score (nSPS) is 24.0. The quantitative estimate of drug-likeness (QED) is 0.786. The zero-order valence-corrected chi connectivity index (χ0v) is 13.5. The lowest BCUT2D eigenvalue weighted by molar-refractivity contribution is -0.152. The molecular weight excluding hydrogens is 272 g/mol. The fourth-order valence-electron chi connectivity index (χ4n) is 2.75. The van der Waals surface area contributed by atoms with E-state index < -0.39 is 11.4 Å². The topological polar surface area (TPSA) is 78.9 Å². The monoisotopic (exact) mass is 300 g/mol. The number of hydrogen-bond donors (Lipinski definition) is 2. The minimum Gasteiger partial charge on any atom is -0.481 e. The van der Waals surface area contributed by atoms with E-state index >= 15 is 0 Å². The van der Waals surface area contributed by atoms with E-state index in [1.54, 1.807) is 12.0 Å². The molecular formula is C15H28N2O4. The summed E-state index contributed by atoms with van der Waals surface area (Å²) in [6.45, 7) is 7.26. The smallest absolute Gasteiger partial charge is 0.317 e. The van der Waals surface area contributed by atoms with Crippen LogP contribution in [-0.2, 0) is 9.53 Å². The Hall–Kier alpha value is -1.30. The van der Waals surface area contributed by atoms with Crippen molar-refractivity contribution < 1.29 is 19.4 Å². The highest BCUT2D eigenvalue weighted by Gasteiger charge is 2.42. The number of carbonyl (C=O) groups is 2. The van der Waals surface area contributed by atoms with Crippen LogP contribution in [-0.4, -0.2) is 54.9 Å². The van der Waals surface area contributed by atoms with Gasteiger partial charge in [0.15, 0.2) is 0 Å². The fraction of sp³-hybridized carbons (Fsp3) is 0.867. The number of likely N-dealkylation sites (tertiary alicyclic amines) is 1. The second kappa shape index (κ2) is 7.64. The Morgan fingerprint density at radius 3 is 2.57 bits per heavy atom. The number of piperidine rings is 1. The maximum atomic E-state index is 12.4. The van der Waals surface area contributed by atoms with E-state index in [1.807, 2.05) is 20.8 Å². The van der Waals surface area contributed by atoms with Gasteiger partial charge in [0.05, 0.1) is 18.1 Å². The fourth-order valence-corrected chi connectivity index (χ4v) is 2.75. The molecule has 1 aliphatic rings. The van der Waals surface area contributed by atoms with Crippen molar-refractivity contribution in [2.24, 2.45) is 11.3 Å². The number of rotatable bonds is 6. The molecule has 6 nitrogen and oxygen atoms in total. The molecule has 0 spiro atoms. The van der Waals surface area contributed by atoms with Crippen molar-refractivity contribution in [1.82, 2.24) is 10.2 Å². The highest BCUT2D eigenvalue weighted by atomic mass is 16.5. The summed E-state index contributed by atoms with van der Waals surface area (Å²) >= 11 is 0. The van der Waals surface area contributed by atoms with Crippen molar-refractivity contribution >= 4 is 12.0 Å². The molecule has 2 N–H and O–H groups in total. The predicted molar refractivity (Wildman–Crippen MR) is 80.2 cm³/mol. The van der Waals surface area contributed by atoms with Crippen LogP contribution in [0.2, 0.25) is 0 Å². The summed E-state index contributed by atoms with van der Waals surface area (Å²) in [4.78, 5) is 25.5. The van der Waals surface area contributed by atoms with Gasteiger partial charge in [-0.25, -0.2) is 4.79 Å². The number of carboxylic acids is 1. The van der Waals surface area contributed by atoms with Crippen LogP contribution < -0.4 is 5.32 Å². The molecule has 1 fully saturated rings. The molecule has 0 aromatic heterocycles. The maximum Gasteiger partial charge on any atom is 0.317 e. The number of hydrogen-bond acceptors (Lipinski definition) is 3. The summed E-state index contributed by atoms with van der Waals surface area (Å²) in [5.41, 5.74) is -0.801. The maximum absolute atomic E-state index is 12.4.